The van der Waals surface area contributed by atoms with Crippen molar-refractivity contribution in [1.29, 1.82) is 0 Å². The van der Waals surface area contributed by atoms with Crippen LogP contribution in [-0.4, -0.2) is 39.4 Å². The SMILES string of the molecule is CCOc1ccc(/C(C)=N\NC(=O)CN(c2ccc(C(C)C)cc2)S(C)(=O)=O)cc1. The van der Waals surface area contributed by atoms with Crippen molar-refractivity contribution in [3.63, 3.8) is 0 Å². The van der Waals surface area contributed by atoms with Gasteiger partial charge in [-0.3, -0.25) is 9.10 Å². The third-order valence-electron chi connectivity index (χ3n) is 4.47. The highest BCUT2D eigenvalue weighted by Gasteiger charge is 2.21. The molecule has 0 atom stereocenters. The van der Waals surface area contributed by atoms with E-state index in [1.54, 1.807) is 19.1 Å². The van der Waals surface area contributed by atoms with Crippen LogP contribution in [0.15, 0.2) is 53.6 Å². The van der Waals surface area contributed by atoms with E-state index >= 15 is 0 Å². The van der Waals surface area contributed by atoms with Crippen LogP contribution in [0.3, 0.4) is 0 Å². The van der Waals surface area contributed by atoms with Crippen molar-refractivity contribution in [1.82, 2.24) is 5.43 Å². The first-order valence-electron chi connectivity index (χ1n) is 9.75. The summed E-state index contributed by atoms with van der Waals surface area (Å²) in [4.78, 5) is 12.4. The number of nitrogens with zero attached hydrogens (tertiary/aromatic N) is 2. The van der Waals surface area contributed by atoms with Gasteiger partial charge in [-0.05, 0) is 67.3 Å². The molecule has 7 nitrogen and oxygen atoms in total. The highest BCUT2D eigenvalue weighted by Crippen LogP contribution is 2.21. The Morgan fingerprint density at radius 1 is 1.10 bits per heavy atom. The molecule has 0 spiro atoms. The molecule has 0 bridgehead atoms. The Bertz CT molecular complexity index is 982. The minimum atomic E-state index is -3.64. The number of hydrazone groups is 1. The van der Waals surface area contributed by atoms with Gasteiger partial charge in [0, 0.05) is 0 Å². The average molecular weight is 432 g/mol. The second-order valence-electron chi connectivity index (χ2n) is 7.21. The van der Waals surface area contributed by atoms with Crippen LogP contribution in [0, 0.1) is 0 Å². The zero-order valence-corrected chi connectivity index (χ0v) is 18.9. The maximum Gasteiger partial charge on any atom is 0.260 e. The van der Waals surface area contributed by atoms with Crippen LogP contribution in [0.4, 0.5) is 5.69 Å². The van der Waals surface area contributed by atoms with Gasteiger partial charge in [0.25, 0.3) is 5.91 Å². The Labute approximate surface area is 178 Å². The van der Waals surface area contributed by atoms with Gasteiger partial charge in [0.05, 0.1) is 24.3 Å². The van der Waals surface area contributed by atoms with E-state index in [1.165, 1.54) is 0 Å². The molecule has 2 aromatic rings. The number of sulfonamides is 1. The number of ether oxygens (including phenoxy) is 1. The number of hydrogen-bond donors (Lipinski definition) is 1. The molecule has 162 valence electrons. The van der Waals surface area contributed by atoms with Crippen molar-refractivity contribution in [2.24, 2.45) is 5.10 Å². The van der Waals surface area contributed by atoms with Crippen LogP contribution in [0.1, 0.15) is 44.7 Å². The van der Waals surface area contributed by atoms with E-state index in [0.29, 0.717) is 23.9 Å². The quantitative estimate of drug-likeness (QED) is 0.486. The van der Waals surface area contributed by atoms with Crippen molar-refractivity contribution in [3.8, 4) is 5.75 Å². The summed E-state index contributed by atoms with van der Waals surface area (Å²) in [7, 11) is -3.64. The molecule has 0 radical (unpaired) electrons. The van der Waals surface area contributed by atoms with Crippen LogP contribution >= 0.6 is 0 Å². The molecular weight excluding hydrogens is 402 g/mol. The molecule has 0 saturated heterocycles. The summed E-state index contributed by atoms with van der Waals surface area (Å²) in [5.74, 6) is 0.554. The maximum absolute atomic E-state index is 12.4. The third-order valence-corrected chi connectivity index (χ3v) is 5.61. The van der Waals surface area contributed by atoms with E-state index in [0.717, 1.165) is 27.4 Å². The van der Waals surface area contributed by atoms with Gasteiger partial charge in [-0.1, -0.05) is 26.0 Å². The van der Waals surface area contributed by atoms with Crippen molar-refractivity contribution >= 4 is 27.3 Å². The van der Waals surface area contributed by atoms with E-state index < -0.39 is 15.9 Å². The lowest BCUT2D eigenvalue weighted by molar-refractivity contribution is -0.119. The van der Waals surface area contributed by atoms with Crippen LogP contribution in [0.2, 0.25) is 0 Å². The van der Waals surface area contributed by atoms with Gasteiger partial charge in [0.2, 0.25) is 10.0 Å². The monoisotopic (exact) mass is 431 g/mol. The Kier molecular flexibility index (Phi) is 8.00. The molecule has 8 heteroatoms. The van der Waals surface area contributed by atoms with Crippen molar-refractivity contribution in [2.45, 2.75) is 33.6 Å². The number of anilines is 1. The predicted octanol–water partition coefficient (Wildman–Crippen LogP) is 3.52. The zero-order chi connectivity index (χ0) is 22.3. The first-order valence-corrected chi connectivity index (χ1v) is 11.6. The van der Waals surface area contributed by atoms with Gasteiger partial charge in [0.15, 0.2) is 0 Å². The zero-order valence-electron chi connectivity index (χ0n) is 18.0. The third kappa shape index (κ3) is 6.59. The van der Waals surface area contributed by atoms with Gasteiger partial charge >= 0.3 is 0 Å². The topological polar surface area (TPSA) is 88.1 Å². The first-order chi connectivity index (χ1) is 14.1. The van der Waals surface area contributed by atoms with Crippen molar-refractivity contribution in [2.75, 3.05) is 23.7 Å². The van der Waals surface area contributed by atoms with Crippen molar-refractivity contribution in [3.05, 3.63) is 59.7 Å². The maximum atomic E-state index is 12.4. The Morgan fingerprint density at radius 3 is 2.20 bits per heavy atom. The van der Waals surface area contributed by atoms with Gasteiger partial charge in [0.1, 0.15) is 12.3 Å². The number of benzene rings is 2. The number of carbonyl (C=O) groups is 1. The van der Waals surface area contributed by atoms with Gasteiger partial charge < -0.3 is 4.74 Å². The second-order valence-corrected chi connectivity index (χ2v) is 9.11. The molecule has 0 heterocycles. The van der Waals surface area contributed by atoms with Gasteiger partial charge in [-0.2, -0.15) is 5.10 Å². The molecule has 2 rings (SSSR count). The molecule has 0 aromatic heterocycles. The van der Waals surface area contributed by atoms with E-state index in [1.807, 2.05) is 43.3 Å². The first kappa shape index (κ1) is 23.4. The van der Waals surface area contributed by atoms with E-state index in [2.05, 4.69) is 24.4 Å². The highest BCUT2D eigenvalue weighted by atomic mass is 32.2. The summed E-state index contributed by atoms with van der Waals surface area (Å²) in [5.41, 5.74) is 5.38. The Balaban J connectivity index is 2.09. The molecule has 1 amide bonds. The molecule has 0 unspecified atom stereocenters. The van der Waals surface area contributed by atoms with Crippen LogP contribution in [0.25, 0.3) is 0 Å². The summed E-state index contributed by atoms with van der Waals surface area (Å²) < 4.78 is 30.9. The molecule has 0 fully saturated rings. The predicted molar refractivity (Wildman–Crippen MR) is 121 cm³/mol. The summed E-state index contributed by atoms with van der Waals surface area (Å²) >= 11 is 0. The fraction of sp³-hybridized carbons (Fsp3) is 0.364. The lowest BCUT2D eigenvalue weighted by atomic mass is 10.0. The Hall–Kier alpha value is -2.87. The largest absolute Gasteiger partial charge is 0.494 e. The highest BCUT2D eigenvalue weighted by molar-refractivity contribution is 7.92. The van der Waals surface area contributed by atoms with Gasteiger partial charge in [-0.15, -0.1) is 0 Å². The molecule has 2 aromatic carbocycles. The summed E-state index contributed by atoms with van der Waals surface area (Å²) in [6.45, 7) is 8.01. The number of nitrogens with one attached hydrogen (secondary N) is 1. The normalized spacial score (nSPS) is 12.0. The van der Waals surface area contributed by atoms with Crippen LogP contribution in [0.5, 0.6) is 5.75 Å². The Morgan fingerprint density at radius 2 is 1.70 bits per heavy atom. The summed E-state index contributed by atoms with van der Waals surface area (Å²) in [6, 6.07) is 14.5. The molecular formula is C22H29N3O4S. The van der Waals surface area contributed by atoms with Crippen molar-refractivity contribution < 1.29 is 17.9 Å². The number of amides is 1. The molecule has 1 N–H and O–H groups in total. The number of rotatable bonds is 9. The lowest BCUT2D eigenvalue weighted by Crippen LogP contribution is -2.39. The summed E-state index contributed by atoms with van der Waals surface area (Å²) in [5, 5.41) is 4.09. The van der Waals surface area contributed by atoms with E-state index in [-0.39, 0.29) is 6.54 Å². The minimum absolute atomic E-state index is 0.328. The van der Waals surface area contributed by atoms with Crippen LogP contribution in [-0.2, 0) is 14.8 Å². The molecule has 0 aliphatic heterocycles. The molecule has 30 heavy (non-hydrogen) atoms. The average Bonchev–Trinajstić information content (AvgIpc) is 2.70. The second kappa shape index (κ2) is 10.2. The number of hydrogen-bond acceptors (Lipinski definition) is 5. The molecule has 0 aliphatic rings. The fourth-order valence-electron chi connectivity index (χ4n) is 2.76. The lowest BCUT2D eigenvalue weighted by Gasteiger charge is -2.22. The van der Waals surface area contributed by atoms with Gasteiger partial charge in [-0.25, -0.2) is 13.8 Å². The van der Waals surface area contributed by atoms with E-state index in [4.69, 9.17) is 4.74 Å². The fourth-order valence-corrected chi connectivity index (χ4v) is 3.62. The van der Waals surface area contributed by atoms with Crippen LogP contribution < -0.4 is 14.5 Å². The minimum Gasteiger partial charge on any atom is -0.494 e. The number of carbonyl (C=O) groups excluding carboxylic acids is 1. The smallest absolute Gasteiger partial charge is 0.260 e. The van der Waals surface area contributed by atoms with E-state index in [9.17, 15) is 13.2 Å². The standard InChI is InChI=1S/C22H29N3O4S/c1-6-29-21-13-9-19(10-14-21)17(4)23-24-22(26)15-25(30(5,27)28)20-11-7-18(8-12-20)16(2)3/h7-14,16H,6,15H2,1-5H3,(H,24,26)/b23-17-. The molecule has 0 aliphatic carbocycles. The summed E-state index contributed by atoms with van der Waals surface area (Å²) in [6.07, 6.45) is 1.07. The molecule has 0 saturated carbocycles.